The smallest absolute Gasteiger partial charge is 0.225 e. The number of nitrogens with one attached hydrogen (secondary N) is 1. The Morgan fingerprint density at radius 1 is 1.25 bits per heavy atom. The van der Waals surface area contributed by atoms with Gasteiger partial charge in [0.2, 0.25) is 11.8 Å². The number of aromatic nitrogens is 1. The summed E-state index contributed by atoms with van der Waals surface area (Å²) in [6.45, 7) is 1.14. The fraction of sp³-hybridized carbons (Fsp3) is 0.381. The minimum absolute atomic E-state index is 0.0236. The van der Waals surface area contributed by atoms with Crippen LogP contribution in [0.3, 0.4) is 0 Å². The molecule has 2 atom stereocenters. The quantitative estimate of drug-likeness (QED) is 0.795. The molecule has 0 bridgehead atoms. The summed E-state index contributed by atoms with van der Waals surface area (Å²) in [4.78, 5) is 31.2. The van der Waals surface area contributed by atoms with E-state index in [4.69, 9.17) is 4.74 Å². The molecular weight excluding hydrogens is 361 g/mol. The number of carbonyl (C=O) groups is 2. The number of ether oxygens (including phenoxy) is 1. The van der Waals surface area contributed by atoms with E-state index in [1.165, 1.54) is 12.1 Å². The molecule has 2 unspecified atom stereocenters. The van der Waals surface area contributed by atoms with Crippen LogP contribution in [0.15, 0.2) is 48.8 Å². The SMILES string of the molecule is COCCN1C(=O)CCC(C(=O)NCc2ccncc2)C1c1ccc(F)cc1. The van der Waals surface area contributed by atoms with Crippen molar-refractivity contribution in [3.8, 4) is 0 Å². The molecule has 1 aliphatic heterocycles. The van der Waals surface area contributed by atoms with Crippen molar-refractivity contribution >= 4 is 11.8 Å². The second kappa shape index (κ2) is 9.41. The molecule has 28 heavy (non-hydrogen) atoms. The van der Waals surface area contributed by atoms with Crippen molar-refractivity contribution in [2.75, 3.05) is 20.3 Å². The third kappa shape index (κ3) is 4.72. The van der Waals surface area contributed by atoms with E-state index in [0.717, 1.165) is 11.1 Å². The molecule has 148 valence electrons. The molecule has 0 spiro atoms. The number of methoxy groups -OCH3 is 1. The van der Waals surface area contributed by atoms with Gasteiger partial charge in [0.05, 0.1) is 18.6 Å². The lowest BCUT2D eigenvalue weighted by Gasteiger charge is -2.40. The van der Waals surface area contributed by atoms with E-state index in [1.54, 1.807) is 36.5 Å². The van der Waals surface area contributed by atoms with E-state index in [1.807, 2.05) is 12.1 Å². The normalized spacial score (nSPS) is 19.5. The van der Waals surface area contributed by atoms with E-state index in [0.29, 0.717) is 32.5 Å². The minimum atomic E-state index is -0.450. The van der Waals surface area contributed by atoms with Crippen molar-refractivity contribution in [2.45, 2.75) is 25.4 Å². The van der Waals surface area contributed by atoms with Gasteiger partial charge in [-0.25, -0.2) is 4.39 Å². The number of hydrogen-bond acceptors (Lipinski definition) is 4. The zero-order valence-electron chi connectivity index (χ0n) is 15.8. The predicted octanol–water partition coefficient (Wildman–Crippen LogP) is 2.46. The summed E-state index contributed by atoms with van der Waals surface area (Å²) >= 11 is 0. The van der Waals surface area contributed by atoms with Crippen molar-refractivity contribution in [2.24, 2.45) is 5.92 Å². The molecule has 3 rings (SSSR count). The molecule has 0 aliphatic carbocycles. The molecule has 6 nitrogen and oxygen atoms in total. The predicted molar refractivity (Wildman–Crippen MR) is 102 cm³/mol. The van der Waals surface area contributed by atoms with Crippen molar-refractivity contribution in [1.29, 1.82) is 0 Å². The number of benzene rings is 1. The Labute approximate surface area is 163 Å². The third-order valence-electron chi connectivity index (χ3n) is 5.01. The second-order valence-electron chi connectivity index (χ2n) is 6.79. The number of amides is 2. The maximum absolute atomic E-state index is 13.4. The highest BCUT2D eigenvalue weighted by atomic mass is 19.1. The second-order valence-corrected chi connectivity index (χ2v) is 6.79. The Bertz CT molecular complexity index is 798. The number of pyridine rings is 1. The molecule has 2 aromatic rings. The summed E-state index contributed by atoms with van der Waals surface area (Å²) < 4.78 is 18.5. The van der Waals surface area contributed by atoms with Gasteiger partial charge < -0.3 is 15.0 Å². The van der Waals surface area contributed by atoms with Crippen molar-refractivity contribution < 1.29 is 18.7 Å². The maximum atomic E-state index is 13.4. The van der Waals surface area contributed by atoms with E-state index < -0.39 is 12.0 Å². The number of piperidine rings is 1. The van der Waals surface area contributed by atoms with Gasteiger partial charge in [-0.1, -0.05) is 12.1 Å². The Morgan fingerprint density at radius 2 is 1.96 bits per heavy atom. The van der Waals surface area contributed by atoms with Crippen LogP contribution in [0.25, 0.3) is 0 Å². The molecular formula is C21H24FN3O3. The Hall–Kier alpha value is -2.80. The monoisotopic (exact) mass is 385 g/mol. The molecule has 0 saturated carbocycles. The van der Waals surface area contributed by atoms with Gasteiger partial charge in [0.25, 0.3) is 0 Å². The number of carbonyl (C=O) groups excluding carboxylic acids is 2. The molecule has 1 N–H and O–H groups in total. The van der Waals surface area contributed by atoms with Crippen LogP contribution < -0.4 is 5.32 Å². The van der Waals surface area contributed by atoms with Gasteiger partial charge in [-0.2, -0.15) is 0 Å². The lowest BCUT2D eigenvalue weighted by molar-refractivity contribution is -0.144. The third-order valence-corrected chi connectivity index (χ3v) is 5.01. The number of hydrogen-bond donors (Lipinski definition) is 1. The van der Waals surface area contributed by atoms with E-state index in [9.17, 15) is 14.0 Å². The van der Waals surface area contributed by atoms with Gasteiger partial charge in [-0.05, 0) is 41.8 Å². The molecule has 2 amide bonds. The van der Waals surface area contributed by atoms with Gasteiger partial charge in [0, 0.05) is 39.0 Å². The molecule has 1 fully saturated rings. The summed E-state index contributed by atoms with van der Waals surface area (Å²) in [6, 6.07) is 9.22. The van der Waals surface area contributed by atoms with Gasteiger partial charge in [-0.15, -0.1) is 0 Å². The van der Waals surface area contributed by atoms with Crippen LogP contribution in [0.4, 0.5) is 4.39 Å². The van der Waals surface area contributed by atoms with Crippen molar-refractivity contribution in [1.82, 2.24) is 15.2 Å². The summed E-state index contributed by atoms with van der Waals surface area (Å²) in [5, 5.41) is 2.96. The minimum Gasteiger partial charge on any atom is -0.383 e. The Morgan fingerprint density at radius 3 is 2.64 bits per heavy atom. The fourth-order valence-corrected chi connectivity index (χ4v) is 3.57. The molecule has 1 aromatic heterocycles. The first-order valence-electron chi connectivity index (χ1n) is 9.30. The highest BCUT2D eigenvalue weighted by molar-refractivity contribution is 5.85. The van der Waals surface area contributed by atoms with E-state index in [2.05, 4.69) is 10.3 Å². The van der Waals surface area contributed by atoms with Crippen molar-refractivity contribution in [3.63, 3.8) is 0 Å². The van der Waals surface area contributed by atoms with Gasteiger partial charge in [-0.3, -0.25) is 14.6 Å². The first-order valence-corrected chi connectivity index (χ1v) is 9.30. The molecule has 1 aliphatic rings. The first kappa shape index (κ1) is 19.9. The van der Waals surface area contributed by atoms with E-state index >= 15 is 0 Å². The van der Waals surface area contributed by atoms with Crippen molar-refractivity contribution in [3.05, 3.63) is 65.7 Å². The standard InChI is InChI=1S/C21H24FN3O3/c1-28-13-12-25-19(26)7-6-18(20(25)16-2-4-17(22)5-3-16)21(27)24-14-15-8-10-23-11-9-15/h2-5,8-11,18,20H,6-7,12-14H2,1H3,(H,24,27). The lowest BCUT2D eigenvalue weighted by Crippen LogP contribution is -2.49. The van der Waals surface area contributed by atoms with Gasteiger partial charge >= 0.3 is 0 Å². The number of rotatable bonds is 7. The lowest BCUT2D eigenvalue weighted by atomic mass is 9.83. The molecule has 1 saturated heterocycles. The van der Waals surface area contributed by atoms with Crippen LogP contribution in [0.2, 0.25) is 0 Å². The fourth-order valence-electron chi connectivity index (χ4n) is 3.57. The highest BCUT2D eigenvalue weighted by Gasteiger charge is 2.40. The summed E-state index contributed by atoms with van der Waals surface area (Å²) in [5.41, 5.74) is 1.69. The average Bonchev–Trinajstić information content (AvgIpc) is 2.72. The summed E-state index contributed by atoms with van der Waals surface area (Å²) in [6.07, 6.45) is 4.10. The average molecular weight is 385 g/mol. The highest BCUT2D eigenvalue weighted by Crippen LogP contribution is 2.37. The van der Waals surface area contributed by atoms with Crippen LogP contribution in [0.1, 0.15) is 30.0 Å². The molecule has 1 aromatic carbocycles. The molecule has 7 heteroatoms. The zero-order valence-corrected chi connectivity index (χ0v) is 15.8. The largest absolute Gasteiger partial charge is 0.383 e. The van der Waals surface area contributed by atoms with Crippen LogP contribution >= 0.6 is 0 Å². The van der Waals surface area contributed by atoms with Crippen LogP contribution in [0.5, 0.6) is 0 Å². The Kier molecular flexibility index (Phi) is 6.71. The van der Waals surface area contributed by atoms with Crippen LogP contribution in [0, 0.1) is 11.7 Å². The molecule has 0 radical (unpaired) electrons. The van der Waals surface area contributed by atoms with Crippen LogP contribution in [-0.2, 0) is 20.9 Å². The number of likely N-dealkylation sites (tertiary alicyclic amines) is 1. The number of nitrogens with zero attached hydrogens (tertiary/aromatic N) is 2. The zero-order chi connectivity index (χ0) is 19.9. The van der Waals surface area contributed by atoms with Gasteiger partial charge in [0.1, 0.15) is 5.82 Å². The van der Waals surface area contributed by atoms with Crippen LogP contribution in [-0.4, -0.2) is 42.0 Å². The summed E-state index contributed by atoms with van der Waals surface area (Å²) in [7, 11) is 1.57. The topological polar surface area (TPSA) is 71.5 Å². The first-order chi connectivity index (χ1) is 13.6. The molecule has 2 heterocycles. The summed E-state index contributed by atoms with van der Waals surface area (Å²) in [5.74, 6) is -0.916. The number of halogens is 1. The van der Waals surface area contributed by atoms with E-state index in [-0.39, 0.29) is 17.6 Å². The van der Waals surface area contributed by atoms with Gasteiger partial charge in [0.15, 0.2) is 0 Å². The maximum Gasteiger partial charge on any atom is 0.225 e. The Balaban J connectivity index is 1.82.